The number of rotatable bonds is 5. The summed E-state index contributed by atoms with van der Waals surface area (Å²) < 4.78 is 10.9. The summed E-state index contributed by atoms with van der Waals surface area (Å²) in [7, 11) is 1.58. The molecule has 0 radical (unpaired) electrons. The van der Waals surface area contributed by atoms with E-state index in [0.717, 1.165) is 11.3 Å². The van der Waals surface area contributed by atoms with E-state index in [1.165, 1.54) is 11.8 Å². The second-order valence-corrected chi connectivity index (χ2v) is 6.09. The van der Waals surface area contributed by atoms with Crippen LogP contribution in [0.3, 0.4) is 0 Å². The molecule has 0 atom stereocenters. The van der Waals surface area contributed by atoms with Gasteiger partial charge in [-0.15, -0.1) is 0 Å². The topological polar surface area (TPSA) is 61.0 Å². The number of halogens is 1. The van der Waals surface area contributed by atoms with Crippen LogP contribution < -0.4 is 4.74 Å². The van der Waals surface area contributed by atoms with E-state index in [0.29, 0.717) is 33.3 Å². The Hall–Kier alpha value is -2.05. The monoisotopic (exact) mass is 347 g/mol. The maximum atomic E-state index is 6.13. The van der Waals surface area contributed by atoms with Crippen molar-refractivity contribution in [2.24, 2.45) is 0 Å². The van der Waals surface area contributed by atoms with Gasteiger partial charge in [0.15, 0.2) is 10.9 Å². The van der Waals surface area contributed by atoms with Crippen LogP contribution in [0.2, 0.25) is 5.02 Å². The highest BCUT2D eigenvalue weighted by Gasteiger charge is 2.10. The first-order valence-corrected chi connectivity index (χ1v) is 8.23. The molecule has 0 unspecified atom stereocenters. The number of hydrogen-bond acceptors (Lipinski definition) is 6. The van der Waals surface area contributed by atoms with Crippen molar-refractivity contribution in [3.8, 4) is 17.1 Å². The van der Waals surface area contributed by atoms with Crippen LogP contribution in [0, 0.1) is 6.92 Å². The van der Waals surface area contributed by atoms with Gasteiger partial charge in [0.05, 0.1) is 24.1 Å². The summed E-state index contributed by atoms with van der Waals surface area (Å²) in [5, 5.41) is 1.24. The van der Waals surface area contributed by atoms with Crippen molar-refractivity contribution in [3.05, 3.63) is 53.3 Å². The molecule has 0 bridgehead atoms. The first-order chi connectivity index (χ1) is 11.2. The number of methoxy groups -OCH3 is 1. The van der Waals surface area contributed by atoms with Crippen LogP contribution in [0.5, 0.6) is 5.75 Å². The van der Waals surface area contributed by atoms with Crippen LogP contribution in [-0.2, 0) is 5.75 Å². The summed E-state index contributed by atoms with van der Waals surface area (Å²) in [4.78, 5) is 12.8. The molecule has 118 valence electrons. The van der Waals surface area contributed by atoms with Crippen LogP contribution in [0.1, 0.15) is 11.6 Å². The lowest BCUT2D eigenvalue weighted by atomic mass is 10.2. The molecule has 5 nitrogen and oxygen atoms in total. The summed E-state index contributed by atoms with van der Waals surface area (Å²) in [5.41, 5.74) is 1.79. The summed E-state index contributed by atoms with van der Waals surface area (Å²) in [6.45, 7) is 1.93. The zero-order valence-electron chi connectivity index (χ0n) is 12.6. The molecule has 0 spiro atoms. The Morgan fingerprint density at radius 1 is 1.26 bits per heavy atom. The van der Waals surface area contributed by atoms with Gasteiger partial charge in [-0.3, -0.25) is 0 Å². The number of oxazole rings is 1. The van der Waals surface area contributed by atoms with Gasteiger partial charge in [0.1, 0.15) is 5.75 Å². The predicted octanol–water partition coefficient (Wildman–Crippen LogP) is 4.39. The molecule has 3 rings (SSSR count). The number of thioether (sulfide) groups is 1. The van der Waals surface area contributed by atoms with E-state index in [2.05, 4.69) is 15.0 Å². The molecule has 1 aromatic carbocycles. The Balaban J connectivity index is 1.71. The Morgan fingerprint density at radius 3 is 2.87 bits per heavy atom. The van der Waals surface area contributed by atoms with Gasteiger partial charge in [-0.2, -0.15) is 0 Å². The van der Waals surface area contributed by atoms with Crippen molar-refractivity contribution in [3.63, 3.8) is 0 Å². The van der Waals surface area contributed by atoms with Gasteiger partial charge in [0.2, 0.25) is 5.89 Å². The maximum Gasteiger partial charge on any atom is 0.205 e. The van der Waals surface area contributed by atoms with Crippen molar-refractivity contribution >= 4 is 23.4 Å². The zero-order chi connectivity index (χ0) is 16.2. The van der Waals surface area contributed by atoms with Gasteiger partial charge in [0, 0.05) is 17.5 Å². The van der Waals surface area contributed by atoms with E-state index >= 15 is 0 Å². The second-order valence-electron chi connectivity index (χ2n) is 4.74. The fourth-order valence-corrected chi connectivity index (χ4v) is 2.94. The molecular weight excluding hydrogens is 334 g/mol. The lowest BCUT2D eigenvalue weighted by molar-refractivity contribution is 0.415. The van der Waals surface area contributed by atoms with Gasteiger partial charge >= 0.3 is 0 Å². The number of benzene rings is 1. The van der Waals surface area contributed by atoms with Gasteiger partial charge in [-0.1, -0.05) is 23.4 Å². The Labute approximate surface area is 143 Å². The molecule has 0 aliphatic rings. The highest BCUT2D eigenvalue weighted by Crippen LogP contribution is 2.31. The molecule has 7 heteroatoms. The van der Waals surface area contributed by atoms with Gasteiger partial charge in [-0.25, -0.2) is 15.0 Å². The van der Waals surface area contributed by atoms with E-state index in [9.17, 15) is 0 Å². The molecule has 0 saturated carbocycles. The number of aromatic nitrogens is 3. The fourth-order valence-electron chi connectivity index (χ4n) is 1.95. The van der Waals surface area contributed by atoms with Crippen LogP contribution in [0.15, 0.2) is 46.2 Å². The third-order valence-corrected chi connectivity index (χ3v) is 4.23. The van der Waals surface area contributed by atoms with Crippen molar-refractivity contribution in [1.29, 1.82) is 0 Å². The van der Waals surface area contributed by atoms with Crippen molar-refractivity contribution in [1.82, 2.24) is 15.0 Å². The van der Waals surface area contributed by atoms with Crippen LogP contribution in [0.25, 0.3) is 11.3 Å². The van der Waals surface area contributed by atoms with Crippen LogP contribution >= 0.6 is 23.4 Å². The summed E-state index contributed by atoms with van der Waals surface area (Å²) in [6, 6.07) is 7.34. The highest BCUT2D eigenvalue weighted by atomic mass is 35.5. The number of ether oxygens (including phenoxy) is 1. The molecule has 2 heterocycles. The Kier molecular flexibility index (Phi) is 4.83. The lowest BCUT2D eigenvalue weighted by Crippen LogP contribution is -1.89. The summed E-state index contributed by atoms with van der Waals surface area (Å²) >= 11 is 7.62. The second kappa shape index (κ2) is 7.02. The normalized spacial score (nSPS) is 10.7. The first kappa shape index (κ1) is 15.8. The minimum Gasteiger partial charge on any atom is -0.495 e. The van der Waals surface area contributed by atoms with E-state index in [-0.39, 0.29) is 0 Å². The van der Waals surface area contributed by atoms with Crippen LogP contribution in [0.4, 0.5) is 0 Å². The molecule has 0 saturated heterocycles. The Morgan fingerprint density at radius 2 is 2.13 bits per heavy atom. The number of aryl methyl sites for hydroxylation is 1. The molecule has 0 N–H and O–H groups in total. The summed E-state index contributed by atoms with van der Waals surface area (Å²) in [5.74, 6) is 2.47. The molecular formula is C16H14ClN3O2S. The molecule has 23 heavy (non-hydrogen) atoms. The minimum absolute atomic E-state index is 0.533. The maximum absolute atomic E-state index is 6.13. The average molecular weight is 348 g/mol. The van der Waals surface area contributed by atoms with E-state index in [4.69, 9.17) is 20.8 Å². The lowest BCUT2D eigenvalue weighted by Gasteiger charge is -2.03. The molecule has 0 fully saturated rings. The quantitative estimate of drug-likeness (QED) is 0.503. The summed E-state index contributed by atoms with van der Waals surface area (Å²) in [6.07, 6.45) is 3.43. The first-order valence-electron chi connectivity index (χ1n) is 6.87. The largest absolute Gasteiger partial charge is 0.495 e. The standard InChI is InChI=1S/C16H14ClN3O2S/c1-10-5-6-18-16(20-10)23-9-15-19-8-14(22-15)11-3-4-13(21-2)12(17)7-11/h3-8H,9H2,1-2H3. The van der Waals surface area contributed by atoms with Gasteiger partial charge in [0.25, 0.3) is 0 Å². The molecule has 2 aromatic heterocycles. The van der Waals surface area contributed by atoms with Crippen molar-refractivity contribution in [2.75, 3.05) is 7.11 Å². The number of nitrogens with zero attached hydrogens (tertiary/aromatic N) is 3. The molecule has 0 aliphatic carbocycles. The van der Waals surface area contributed by atoms with Crippen LogP contribution in [-0.4, -0.2) is 22.1 Å². The SMILES string of the molecule is COc1ccc(-c2cnc(CSc3nccc(C)n3)o2)cc1Cl. The molecule has 3 aromatic rings. The third-order valence-electron chi connectivity index (χ3n) is 3.09. The van der Waals surface area contributed by atoms with E-state index in [1.54, 1.807) is 31.6 Å². The van der Waals surface area contributed by atoms with Gasteiger partial charge < -0.3 is 9.15 Å². The smallest absolute Gasteiger partial charge is 0.205 e. The van der Waals surface area contributed by atoms with Crippen molar-refractivity contribution in [2.45, 2.75) is 17.8 Å². The fraction of sp³-hybridized carbons (Fsp3) is 0.188. The van der Waals surface area contributed by atoms with Crippen molar-refractivity contribution < 1.29 is 9.15 Å². The third kappa shape index (κ3) is 3.83. The van der Waals surface area contributed by atoms with Gasteiger partial charge in [-0.05, 0) is 31.2 Å². The van der Waals surface area contributed by atoms with E-state index in [1.807, 2.05) is 19.1 Å². The average Bonchev–Trinajstić information content (AvgIpc) is 3.02. The zero-order valence-corrected chi connectivity index (χ0v) is 14.2. The molecule has 0 aliphatic heterocycles. The van der Waals surface area contributed by atoms with E-state index < -0.39 is 0 Å². The highest BCUT2D eigenvalue weighted by molar-refractivity contribution is 7.98. The number of hydrogen-bond donors (Lipinski definition) is 0. The molecule has 0 amide bonds. The Bertz CT molecular complexity index is 823. The predicted molar refractivity (Wildman–Crippen MR) is 89.8 cm³/mol. The minimum atomic E-state index is 0.533.